The monoisotopic (exact) mass is 559 g/mol. The molecule has 0 saturated carbocycles. The smallest absolute Gasteiger partial charge is 0.0726 e. The maximum absolute atomic E-state index is 3.82. The third-order valence-corrected chi connectivity index (χ3v) is 9.37. The van der Waals surface area contributed by atoms with E-state index in [-0.39, 0.29) is 5.41 Å². The number of hydrogen-bond donors (Lipinski definition) is 0. The zero-order chi connectivity index (χ0) is 25.7. The second-order valence-electron chi connectivity index (χ2n) is 10.6. The molecule has 0 bridgehead atoms. The molecular formula is C37H22BrN. The lowest BCUT2D eigenvalue weighted by molar-refractivity contribution is 0.792. The van der Waals surface area contributed by atoms with Crippen molar-refractivity contribution in [1.82, 2.24) is 4.57 Å². The molecule has 2 aliphatic carbocycles. The summed E-state index contributed by atoms with van der Waals surface area (Å²) in [6.07, 6.45) is 0. The van der Waals surface area contributed by atoms with E-state index in [1.807, 2.05) is 0 Å². The number of fused-ring (bicyclic) bond motifs is 13. The first-order valence-electron chi connectivity index (χ1n) is 13.4. The highest BCUT2D eigenvalue weighted by Gasteiger charge is 2.51. The first-order valence-corrected chi connectivity index (χ1v) is 14.2. The Hall–Kier alpha value is -4.40. The van der Waals surface area contributed by atoms with Crippen molar-refractivity contribution < 1.29 is 0 Å². The van der Waals surface area contributed by atoms with Gasteiger partial charge >= 0.3 is 0 Å². The average Bonchev–Trinajstić information content (AvgIpc) is 3.58. The van der Waals surface area contributed by atoms with Crippen molar-refractivity contribution in [2.75, 3.05) is 0 Å². The molecule has 2 aliphatic rings. The van der Waals surface area contributed by atoms with E-state index in [0.717, 1.165) is 4.47 Å². The Labute approximate surface area is 235 Å². The number of para-hydroxylation sites is 2. The molecule has 6 aromatic carbocycles. The topological polar surface area (TPSA) is 4.93 Å². The maximum Gasteiger partial charge on any atom is 0.0726 e. The first-order chi connectivity index (χ1) is 19.3. The van der Waals surface area contributed by atoms with Gasteiger partial charge in [0, 0.05) is 20.9 Å². The SMILES string of the molecule is Brc1ccc2c(c1)C1(c3ccccc3-c3ccccc31)c1cc(-n3c4ccccc4c4ccccc43)ccc1-2. The number of benzene rings is 6. The number of halogens is 1. The van der Waals surface area contributed by atoms with Gasteiger partial charge in [-0.15, -0.1) is 0 Å². The molecular weight excluding hydrogens is 538 g/mol. The zero-order valence-electron chi connectivity index (χ0n) is 21.0. The first kappa shape index (κ1) is 21.5. The molecule has 0 amide bonds. The number of nitrogens with zero attached hydrogens (tertiary/aromatic N) is 1. The molecule has 1 nitrogen and oxygen atoms in total. The van der Waals surface area contributed by atoms with Crippen molar-refractivity contribution in [3.63, 3.8) is 0 Å². The summed E-state index contributed by atoms with van der Waals surface area (Å²) < 4.78 is 3.54. The van der Waals surface area contributed by atoms with E-state index in [4.69, 9.17) is 0 Å². The summed E-state index contributed by atoms with van der Waals surface area (Å²) in [5.41, 5.74) is 14.0. The van der Waals surface area contributed by atoms with E-state index in [0.29, 0.717) is 0 Å². The predicted molar refractivity (Wildman–Crippen MR) is 165 cm³/mol. The van der Waals surface area contributed by atoms with Crippen LogP contribution in [-0.2, 0) is 5.41 Å². The zero-order valence-corrected chi connectivity index (χ0v) is 22.6. The Bertz CT molecular complexity index is 2050. The summed E-state index contributed by atoms with van der Waals surface area (Å²) in [5, 5.41) is 2.57. The van der Waals surface area contributed by atoms with Gasteiger partial charge in [0.05, 0.1) is 16.4 Å². The molecule has 9 rings (SSSR count). The molecule has 0 radical (unpaired) electrons. The van der Waals surface area contributed by atoms with Gasteiger partial charge in [-0.1, -0.05) is 113 Å². The molecule has 182 valence electrons. The van der Waals surface area contributed by atoms with Gasteiger partial charge in [-0.25, -0.2) is 0 Å². The van der Waals surface area contributed by atoms with Gasteiger partial charge in [0.15, 0.2) is 0 Å². The number of aromatic nitrogens is 1. The van der Waals surface area contributed by atoms with E-state index in [1.54, 1.807) is 0 Å². The van der Waals surface area contributed by atoms with Gasteiger partial charge in [0.1, 0.15) is 0 Å². The van der Waals surface area contributed by atoms with Crippen molar-refractivity contribution in [2.24, 2.45) is 0 Å². The molecule has 7 aromatic rings. The van der Waals surface area contributed by atoms with E-state index < -0.39 is 0 Å². The Kier molecular flexibility index (Phi) is 4.19. The molecule has 0 unspecified atom stereocenters. The fraction of sp³-hybridized carbons (Fsp3) is 0.0270. The Balaban J connectivity index is 1.44. The van der Waals surface area contributed by atoms with Crippen LogP contribution in [0.1, 0.15) is 22.3 Å². The number of hydrogen-bond acceptors (Lipinski definition) is 0. The van der Waals surface area contributed by atoms with Crippen molar-refractivity contribution >= 4 is 37.7 Å². The highest BCUT2D eigenvalue weighted by atomic mass is 79.9. The minimum atomic E-state index is -0.365. The third kappa shape index (κ3) is 2.60. The highest BCUT2D eigenvalue weighted by Crippen LogP contribution is 2.63. The van der Waals surface area contributed by atoms with Crippen LogP contribution in [0.4, 0.5) is 0 Å². The molecule has 0 aliphatic heterocycles. The summed E-state index contributed by atoms with van der Waals surface area (Å²) in [4.78, 5) is 0. The molecule has 0 fully saturated rings. The molecule has 1 aromatic heterocycles. The summed E-state index contributed by atoms with van der Waals surface area (Å²) in [6.45, 7) is 0. The lowest BCUT2D eigenvalue weighted by Crippen LogP contribution is -2.26. The quantitative estimate of drug-likeness (QED) is 0.188. The molecule has 2 heteroatoms. The molecule has 0 saturated heterocycles. The van der Waals surface area contributed by atoms with Crippen LogP contribution in [0.5, 0.6) is 0 Å². The van der Waals surface area contributed by atoms with Gasteiger partial charge < -0.3 is 4.57 Å². The predicted octanol–water partition coefficient (Wildman–Crippen LogP) is 9.89. The number of rotatable bonds is 1. The van der Waals surface area contributed by atoms with Crippen LogP contribution in [0.25, 0.3) is 49.7 Å². The normalized spacial score (nSPS) is 14.0. The maximum atomic E-state index is 3.82. The van der Waals surface area contributed by atoms with Crippen molar-refractivity contribution in [3.8, 4) is 27.9 Å². The summed E-state index contributed by atoms with van der Waals surface area (Å²) in [7, 11) is 0. The Morgan fingerprint density at radius 1 is 0.436 bits per heavy atom. The van der Waals surface area contributed by atoms with Crippen LogP contribution in [0, 0.1) is 0 Å². The summed E-state index contributed by atoms with van der Waals surface area (Å²) >= 11 is 3.82. The minimum absolute atomic E-state index is 0.365. The van der Waals surface area contributed by atoms with E-state index in [2.05, 4.69) is 154 Å². The Morgan fingerprint density at radius 3 is 1.56 bits per heavy atom. The van der Waals surface area contributed by atoms with Crippen molar-refractivity contribution in [2.45, 2.75) is 5.41 Å². The molecule has 39 heavy (non-hydrogen) atoms. The van der Waals surface area contributed by atoms with E-state index in [1.165, 1.54) is 72.0 Å². The minimum Gasteiger partial charge on any atom is -0.309 e. The van der Waals surface area contributed by atoms with Gasteiger partial charge in [0.2, 0.25) is 0 Å². The highest BCUT2D eigenvalue weighted by molar-refractivity contribution is 9.10. The molecule has 0 N–H and O–H groups in total. The van der Waals surface area contributed by atoms with Gasteiger partial charge in [0.25, 0.3) is 0 Å². The lowest BCUT2D eigenvalue weighted by Gasteiger charge is -2.31. The second-order valence-corrected chi connectivity index (χ2v) is 11.5. The lowest BCUT2D eigenvalue weighted by atomic mass is 9.70. The second kappa shape index (κ2) is 7.59. The van der Waals surface area contributed by atoms with Crippen molar-refractivity contribution in [1.29, 1.82) is 0 Å². The van der Waals surface area contributed by atoms with Crippen LogP contribution >= 0.6 is 15.9 Å². The van der Waals surface area contributed by atoms with E-state index >= 15 is 0 Å². The van der Waals surface area contributed by atoms with Crippen LogP contribution in [0.3, 0.4) is 0 Å². The van der Waals surface area contributed by atoms with Crippen LogP contribution in [0.2, 0.25) is 0 Å². The van der Waals surface area contributed by atoms with Crippen LogP contribution < -0.4 is 0 Å². The largest absolute Gasteiger partial charge is 0.309 e. The van der Waals surface area contributed by atoms with Gasteiger partial charge in [-0.3, -0.25) is 0 Å². The molecule has 1 spiro atoms. The standard InChI is InChI=1S/C37H22BrN/c38-23-17-19-27-28-20-18-24(39-35-15-7-3-11-29(35)30-12-4-8-16-36(30)39)22-34(28)37(33(27)21-23)31-13-5-1-9-25(31)26-10-2-6-14-32(26)37/h1-22H. The fourth-order valence-electron chi connectivity index (χ4n) is 7.44. The summed E-state index contributed by atoms with van der Waals surface area (Å²) in [5.74, 6) is 0. The van der Waals surface area contributed by atoms with Crippen LogP contribution in [0.15, 0.2) is 138 Å². The molecule has 0 atom stereocenters. The molecule has 1 heterocycles. The fourth-order valence-corrected chi connectivity index (χ4v) is 7.80. The third-order valence-electron chi connectivity index (χ3n) is 8.87. The van der Waals surface area contributed by atoms with Crippen LogP contribution in [-0.4, -0.2) is 4.57 Å². The van der Waals surface area contributed by atoms with Crippen molar-refractivity contribution in [3.05, 3.63) is 160 Å². The van der Waals surface area contributed by atoms with Gasteiger partial charge in [-0.2, -0.15) is 0 Å². The average molecular weight is 560 g/mol. The summed E-state index contributed by atoms with van der Waals surface area (Å²) in [6, 6.07) is 49.4. The van der Waals surface area contributed by atoms with E-state index in [9.17, 15) is 0 Å². The Morgan fingerprint density at radius 2 is 0.923 bits per heavy atom. The van der Waals surface area contributed by atoms with Gasteiger partial charge in [-0.05, 0) is 80.9 Å².